The summed E-state index contributed by atoms with van der Waals surface area (Å²) in [5, 5.41) is 4.02. The normalized spacial score (nSPS) is 10.7. The molecule has 1 N–H and O–H groups in total. The summed E-state index contributed by atoms with van der Waals surface area (Å²) in [5.74, 6) is 1.27. The fourth-order valence-electron chi connectivity index (χ4n) is 3.08. The number of carbonyl (C=O) groups excluding carboxylic acids is 1. The number of amides is 1. The van der Waals surface area contributed by atoms with Crippen molar-refractivity contribution in [1.82, 2.24) is 5.43 Å². The Hall–Kier alpha value is -4.07. The van der Waals surface area contributed by atoms with E-state index in [9.17, 15) is 9.18 Å². The number of hydrogen-bond acceptors (Lipinski definition) is 6. The van der Waals surface area contributed by atoms with Gasteiger partial charge in [-0.2, -0.15) is 5.10 Å². The standard InChI is InChI=1S/C26H27FN2O5/c1-4-32-23-13-11-19(15-25(23)33-5-2)26(30)29-28-16-18-10-12-22(24(14-18)31-3)34-17-20-8-6-7-9-21(20)27/h6-16H,4-5,17H2,1-3H3,(H,29,30)/b28-16+. The molecule has 0 aliphatic rings. The van der Waals surface area contributed by atoms with Crippen LogP contribution in [0.2, 0.25) is 0 Å². The lowest BCUT2D eigenvalue weighted by Gasteiger charge is -2.12. The molecule has 1 amide bonds. The third kappa shape index (κ3) is 6.48. The van der Waals surface area contributed by atoms with Crippen molar-refractivity contribution < 1.29 is 28.1 Å². The summed E-state index contributed by atoms with van der Waals surface area (Å²) < 4.78 is 36.0. The number of methoxy groups -OCH3 is 1. The second-order valence-electron chi connectivity index (χ2n) is 7.02. The van der Waals surface area contributed by atoms with Gasteiger partial charge in [0.25, 0.3) is 5.91 Å². The Bertz CT molecular complexity index is 1150. The molecule has 0 spiro atoms. The van der Waals surface area contributed by atoms with Gasteiger partial charge in [0, 0.05) is 11.1 Å². The molecule has 0 heterocycles. The maximum atomic E-state index is 13.8. The van der Waals surface area contributed by atoms with Gasteiger partial charge in [0.05, 0.1) is 26.5 Å². The lowest BCUT2D eigenvalue weighted by Crippen LogP contribution is -2.17. The molecule has 0 aliphatic heterocycles. The highest BCUT2D eigenvalue weighted by Gasteiger charge is 2.11. The molecule has 0 saturated heterocycles. The molecular formula is C26H27FN2O5. The SMILES string of the molecule is CCOc1ccc(C(=O)N/N=C/c2ccc(OCc3ccccc3F)c(OC)c2)cc1OCC. The van der Waals surface area contributed by atoms with Gasteiger partial charge in [-0.25, -0.2) is 9.82 Å². The average molecular weight is 467 g/mol. The van der Waals surface area contributed by atoms with Gasteiger partial charge in [0.15, 0.2) is 23.0 Å². The molecule has 3 rings (SSSR count). The molecule has 0 saturated carbocycles. The third-order valence-electron chi connectivity index (χ3n) is 4.71. The van der Waals surface area contributed by atoms with Crippen LogP contribution >= 0.6 is 0 Å². The Labute approximate surface area is 198 Å². The molecular weight excluding hydrogens is 439 g/mol. The molecule has 0 bridgehead atoms. The lowest BCUT2D eigenvalue weighted by molar-refractivity contribution is 0.0954. The van der Waals surface area contributed by atoms with E-state index in [-0.39, 0.29) is 12.4 Å². The minimum absolute atomic E-state index is 0.0678. The lowest BCUT2D eigenvalue weighted by atomic mass is 10.2. The molecule has 7 nitrogen and oxygen atoms in total. The fraction of sp³-hybridized carbons (Fsp3) is 0.231. The van der Waals surface area contributed by atoms with E-state index in [1.165, 1.54) is 19.4 Å². The molecule has 0 fully saturated rings. The van der Waals surface area contributed by atoms with Crippen LogP contribution in [-0.2, 0) is 6.61 Å². The highest BCUT2D eigenvalue weighted by atomic mass is 19.1. The molecule has 3 aromatic rings. The number of benzene rings is 3. The van der Waals surface area contributed by atoms with E-state index < -0.39 is 5.91 Å². The first-order valence-corrected chi connectivity index (χ1v) is 10.8. The summed E-state index contributed by atoms with van der Waals surface area (Å²) >= 11 is 0. The summed E-state index contributed by atoms with van der Waals surface area (Å²) in [4.78, 5) is 12.5. The zero-order valence-electron chi connectivity index (χ0n) is 19.3. The molecule has 0 atom stereocenters. The van der Waals surface area contributed by atoms with Gasteiger partial charge >= 0.3 is 0 Å². The van der Waals surface area contributed by atoms with Crippen molar-refractivity contribution in [3.05, 3.63) is 83.2 Å². The first-order valence-electron chi connectivity index (χ1n) is 10.8. The van der Waals surface area contributed by atoms with Gasteiger partial charge in [-0.05, 0) is 61.9 Å². The minimum Gasteiger partial charge on any atom is -0.493 e. The van der Waals surface area contributed by atoms with Crippen LogP contribution in [0, 0.1) is 5.82 Å². The van der Waals surface area contributed by atoms with E-state index in [1.807, 2.05) is 13.8 Å². The van der Waals surface area contributed by atoms with Crippen LogP contribution in [0.15, 0.2) is 65.8 Å². The van der Waals surface area contributed by atoms with Gasteiger partial charge in [0.2, 0.25) is 0 Å². The van der Waals surface area contributed by atoms with Crippen LogP contribution in [0.3, 0.4) is 0 Å². The number of halogens is 1. The van der Waals surface area contributed by atoms with E-state index in [0.29, 0.717) is 52.9 Å². The zero-order valence-corrected chi connectivity index (χ0v) is 19.3. The van der Waals surface area contributed by atoms with Crippen LogP contribution in [0.5, 0.6) is 23.0 Å². The largest absolute Gasteiger partial charge is 0.493 e. The summed E-state index contributed by atoms with van der Waals surface area (Å²) in [5.41, 5.74) is 4.00. The van der Waals surface area contributed by atoms with Crippen molar-refractivity contribution in [2.45, 2.75) is 20.5 Å². The third-order valence-corrected chi connectivity index (χ3v) is 4.71. The molecule has 0 aliphatic carbocycles. The molecule has 0 aromatic heterocycles. The number of hydrogen-bond donors (Lipinski definition) is 1. The Morgan fingerprint density at radius 3 is 2.35 bits per heavy atom. The maximum Gasteiger partial charge on any atom is 0.271 e. The minimum atomic E-state index is -0.392. The molecule has 8 heteroatoms. The Morgan fingerprint density at radius 2 is 1.62 bits per heavy atom. The van der Waals surface area contributed by atoms with Crippen LogP contribution in [-0.4, -0.2) is 32.4 Å². The van der Waals surface area contributed by atoms with Gasteiger partial charge in [-0.1, -0.05) is 18.2 Å². The second kappa shape index (κ2) is 12.2. The molecule has 178 valence electrons. The highest BCUT2D eigenvalue weighted by molar-refractivity contribution is 5.95. The molecule has 0 unspecified atom stereocenters. The summed E-state index contributed by atoms with van der Waals surface area (Å²) in [6, 6.07) is 16.5. The number of nitrogens with zero attached hydrogens (tertiary/aromatic N) is 1. The average Bonchev–Trinajstić information content (AvgIpc) is 2.85. The fourth-order valence-corrected chi connectivity index (χ4v) is 3.08. The van der Waals surface area contributed by atoms with Gasteiger partial charge in [0.1, 0.15) is 12.4 Å². The number of ether oxygens (including phenoxy) is 4. The van der Waals surface area contributed by atoms with E-state index in [1.54, 1.807) is 54.6 Å². The molecule has 3 aromatic carbocycles. The Kier molecular flexibility index (Phi) is 8.85. The van der Waals surface area contributed by atoms with Crippen molar-refractivity contribution in [1.29, 1.82) is 0 Å². The van der Waals surface area contributed by atoms with Crippen molar-refractivity contribution in [3.8, 4) is 23.0 Å². The first kappa shape index (κ1) is 24.6. The molecule has 34 heavy (non-hydrogen) atoms. The monoisotopic (exact) mass is 466 g/mol. The smallest absolute Gasteiger partial charge is 0.271 e. The predicted molar refractivity (Wildman–Crippen MR) is 128 cm³/mol. The Balaban J connectivity index is 1.64. The first-order chi connectivity index (χ1) is 16.5. The van der Waals surface area contributed by atoms with Crippen molar-refractivity contribution >= 4 is 12.1 Å². The van der Waals surface area contributed by atoms with Crippen LogP contribution < -0.4 is 24.4 Å². The summed E-state index contributed by atoms with van der Waals surface area (Å²) in [7, 11) is 1.51. The van der Waals surface area contributed by atoms with Crippen molar-refractivity contribution in [2.75, 3.05) is 20.3 Å². The maximum absolute atomic E-state index is 13.8. The van der Waals surface area contributed by atoms with Gasteiger partial charge < -0.3 is 18.9 Å². The number of hydrazone groups is 1. The van der Waals surface area contributed by atoms with Crippen molar-refractivity contribution in [3.63, 3.8) is 0 Å². The summed E-state index contributed by atoms with van der Waals surface area (Å²) in [6.07, 6.45) is 1.49. The zero-order chi connectivity index (χ0) is 24.3. The van der Waals surface area contributed by atoms with E-state index >= 15 is 0 Å². The van der Waals surface area contributed by atoms with Crippen LogP contribution in [0.1, 0.15) is 35.3 Å². The van der Waals surface area contributed by atoms with E-state index in [2.05, 4.69) is 10.5 Å². The number of rotatable bonds is 11. The molecule has 0 radical (unpaired) electrons. The predicted octanol–water partition coefficient (Wildman–Crippen LogP) is 4.97. The van der Waals surface area contributed by atoms with Crippen LogP contribution in [0.25, 0.3) is 0 Å². The second-order valence-corrected chi connectivity index (χ2v) is 7.02. The Morgan fingerprint density at radius 1 is 0.912 bits per heavy atom. The van der Waals surface area contributed by atoms with E-state index in [0.717, 1.165) is 0 Å². The highest BCUT2D eigenvalue weighted by Crippen LogP contribution is 2.29. The topological polar surface area (TPSA) is 78.4 Å². The number of carbonyl (C=O) groups is 1. The summed E-state index contributed by atoms with van der Waals surface area (Å²) in [6.45, 7) is 4.74. The quantitative estimate of drug-likeness (QED) is 0.319. The van der Waals surface area contributed by atoms with Gasteiger partial charge in [-0.15, -0.1) is 0 Å². The number of nitrogens with one attached hydrogen (secondary N) is 1. The van der Waals surface area contributed by atoms with E-state index in [4.69, 9.17) is 18.9 Å². The van der Waals surface area contributed by atoms with Crippen molar-refractivity contribution in [2.24, 2.45) is 5.10 Å². The van der Waals surface area contributed by atoms with Crippen LogP contribution in [0.4, 0.5) is 4.39 Å². The van der Waals surface area contributed by atoms with Gasteiger partial charge in [-0.3, -0.25) is 4.79 Å².